The number of hydrogen-bond acceptors (Lipinski definition) is 3. The third-order valence-corrected chi connectivity index (χ3v) is 4.89. The Kier molecular flexibility index (Phi) is 4.64. The first kappa shape index (κ1) is 16.3. The second-order valence-electron chi connectivity index (χ2n) is 6.39. The SMILES string of the molecule is CCN1CC2(CCN(Cc3ccc(F)cc3F)CC2)OCC1=O. The molecule has 3 rings (SSSR count). The van der Waals surface area contributed by atoms with E-state index in [4.69, 9.17) is 4.74 Å². The van der Waals surface area contributed by atoms with Crippen LogP contribution in [-0.4, -0.2) is 54.1 Å². The summed E-state index contributed by atoms with van der Waals surface area (Å²) in [5, 5.41) is 0. The van der Waals surface area contributed by atoms with Crippen molar-refractivity contribution >= 4 is 5.91 Å². The second-order valence-corrected chi connectivity index (χ2v) is 6.39. The number of likely N-dealkylation sites (tertiary alicyclic amines) is 1. The van der Waals surface area contributed by atoms with Gasteiger partial charge in [0.15, 0.2) is 0 Å². The van der Waals surface area contributed by atoms with Gasteiger partial charge in [-0.05, 0) is 25.8 Å². The first-order valence-corrected chi connectivity index (χ1v) is 8.09. The Morgan fingerprint density at radius 3 is 2.65 bits per heavy atom. The van der Waals surface area contributed by atoms with Crippen molar-refractivity contribution in [2.24, 2.45) is 0 Å². The third kappa shape index (κ3) is 3.53. The molecule has 1 aromatic rings. The number of hydrogen-bond donors (Lipinski definition) is 0. The molecular weight excluding hydrogens is 302 g/mol. The molecule has 2 heterocycles. The highest BCUT2D eigenvalue weighted by Gasteiger charge is 2.41. The summed E-state index contributed by atoms with van der Waals surface area (Å²) in [5.74, 6) is -1.00. The van der Waals surface area contributed by atoms with Crippen LogP contribution in [0.1, 0.15) is 25.3 Å². The minimum atomic E-state index is -0.552. The Hall–Kier alpha value is -1.53. The number of carbonyl (C=O) groups excluding carboxylic acids is 1. The van der Waals surface area contributed by atoms with E-state index in [0.717, 1.165) is 32.0 Å². The fraction of sp³-hybridized carbons (Fsp3) is 0.588. The lowest BCUT2D eigenvalue weighted by Crippen LogP contribution is -2.58. The van der Waals surface area contributed by atoms with Gasteiger partial charge in [-0.25, -0.2) is 8.78 Å². The summed E-state index contributed by atoms with van der Waals surface area (Å²) in [5.41, 5.74) is 0.249. The number of benzene rings is 1. The lowest BCUT2D eigenvalue weighted by molar-refractivity contribution is -0.171. The Bertz CT molecular complexity index is 586. The van der Waals surface area contributed by atoms with Gasteiger partial charge >= 0.3 is 0 Å². The van der Waals surface area contributed by atoms with Crippen LogP contribution in [0.4, 0.5) is 8.78 Å². The van der Waals surface area contributed by atoms with Crippen LogP contribution in [0.25, 0.3) is 0 Å². The molecule has 0 aliphatic carbocycles. The van der Waals surface area contributed by atoms with E-state index in [9.17, 15) is 13.6 Å². The van der Waals surface area contributed by atoms with Crippen molar-refractivity contribution in [2.45, 2.75) is 31.9 Å². The fourth-order valence-corrected chi connectivity index (χ4v) is 3.39. The molecule has 2 fully saturated rings. The van der Waals surface area contributed by atoms with E-state index in [1.807, 2.05) is 11.8 Å². The second kappa shape index (κ2) is 6.53. The first-order valence-electron chi connectivity index (χ1n) is 8.09. The summed E-state index contributed by atoms with van der Waals surface area (Å²) in [4.78, 5) is 15.7. The van der Waals surface area contributed by atoms with Crippen LogP contribution in [0, 0.1) is 11.6 Å². The van der Waals surface area contributed by atoms with Crippen molar-refractivity contribution in [3.8, 4) is 0 Å². The van der Waals surface area contributed by atoms with Crippen molar-refractivity contribution < 1.29 is 18.3 Å². The van der Waals surface area contributed by atoms with Crippen LogP contribution < -0.4 is 0 Å². The average Bonchev–Trinajstić information content (AvgIpc) is 2.55. The molecule has 126 valence electrons. The lowest BCUT2D eigenvalue weighted by Gasteiger charge is -2.46. The molecule has 1 aromatic carbocycles. The summed E-state index contributed by atoms with van der Waals surface area (Å²) in [6.45, 7) is 5.50. The number of morpholine rings is 1. The van der Waals surface area contributed by atoms with Gasteiger partial charge in [-0.2, -0.15) is 0 Å². The molecule has 6 heteroatoms. The van der Waals surface area contributed by atoms with Crippen LogP contribution in [-0.2, 0) is 16.1 Å². The van der Waals surface area contributed by atoms with E-state index in [0.29, 0.717) is 25.2 Å². The van der Waals surface area contributed by atoms with Crippen LogP contribution in [0.2, 0.25) is 0 Å². The topological polar surface area (TPSA) is 32.8 Å². The van der Waals surface area contributed by atoms with Gasteiger partial charge in [0.25, 0.3) is 0 Å². The molecule has 2 aliphatic heterocycles. The molecule has 0 radical (unpaired) electrons. The van der Waals surface area contributed by atoms with E-state index < -0.39 is 11.6 Å². The van der Waals surface area contributed by atoms with Crippen molar-refractivity contribution in [1.29, 1.82) is 0 Å². The number of halogens is 2. The van der Waals surface area contributed by atoms with E-state index in [-0.39, 0.29) is 18.1 Å². The Morgan fingerprint density at radius 1 is 1.26 bits per heavy atom. The van der Waals surface area contributed by atoms with Crippen molar-refractivity contribution in [3.05, 3.63) is 35.4 Å². The minimum Gasteiger partial charge on any atom is -0.363 e. The predicted octanol–water partition coefficient (Wildman–Crippen LogP) is 2.18. The van der Waals surface area contributed by atoms with E-state index in [1.54, 1.807) is 0 Å². The zero-order valence-corrected chi connectivity index (χ0v) is 13.4. The highest BCUT2D eigenvalue weighted by Crippen LogP contribution is 2.31. The molecule has 0 unspecified atom stereocenters. The summed E-state index contributed by atoms with van der Waals surface area (Å²) < 4.78 is 32.6. The van der Waals surface area contributed by atoms with Crippen molar-refractivity contribution in [1.82, 2.24) is 9.80 Å². The average molecular weight is 324 g/mol. The molecular formula is C17H22F2N2O2. The summed E-state index contributed by atoms with van der Waals surface area (Å²) >= 11 is 0. The Labute approximate surface area is 135 Å². The van der Waals surface area contributed by atoms with Crippen molar-refractivity contribution in [3.63, 3.8) is 0 Å². The van der Waals surface area contributed by atoms with Crippen LogP contribution in [0.5, 0.6) is 0 Å². The molecule has 0 bridgehead atoms. The highest BCUT2D eigenvalue weighted by molar-refractivity contribution is 5.78. The zero-order valence-electron chi connectivity index (χ0n) is 13.4. The van der Waals surface area contributed by atoms with Gasteiger partial charge in [0.1, 0.15) is 18.2 Å². The number of ether oxygens (including phenoxy) is 1. The minimum absolute atomic E-state index is 0.0499. The van der Waals surface area contributed by atoms with Gasteiger partial charge in [0.2, 0.25) is 5.91 Å². The fourth-order valence-electron chi connectivity index (χ4n) is 3.39. The van der Waals surface area contributed by atoms with E-state index >= 15 is 0 Å². The molecule has 0 N–H and O–H groups in total. The van der Waals surface area contributed by atoms with Crippen molar-refractivity contribution in [2.75, 3.05) is 32.8 Å². The number of rotatable bonds is 3. The molecule has 0 atom stereocenters. The standard InChI is InChI=1S/C17H22F2N2O2/c1-2-21-12-17(23-11-16(21)22)5-7-20(8-6-17)10-13-3-4-14(18)9-15(13)19/h3-4,9H,2,5-8,10-12H2,1H3. The van der Waals surface area contributed by atoms with E-state index in [2.05, 4.69) is 4.90 Å². The van der Waals surface area contributed by atoms with Gasteiger partial charge in [0, 0.05) is 44.4 Å². The smallest absolute Gasteiger partial charge is 0.248 e. The van der Waals surface area contributed by atoms with Gasteiger partial charge in [0.05, 0.1) is 5.60 Å². The molecule has 2 saturated heterocycles. The van der Waals surface area contributed by atoms with Gasteiger partial charge < -0.3 is 9.64 Å². The van der Waals surface area contributed by atoms with E-state index in [1.165, 1.54) is 12.1 Å². The van der Waals surface area contributed by atoms with Crippen LogP contribution in [0.3, 0.4) is 0 Å². The molecule has 2 aliphatic rings. The summed E-state index contributed by atoms with van der Waals surface area (Å²) in [6.07, 6.45) is 1.64. The number of likely N-dealkylation sites (N-methyl/N-ethyl adjacent to an activating group) is 1. The molecule has 1 amide bonds. The molecule has 4 nitrogen and oxygen atoms in total. The zero-order chi connectivity index (χ0) is 16.4. The monoisotopic (exact) mass is 324 g/mol. The lowest BCUT2D eigenvalue weighted by atomic mass is 9.89. The molecule has 0 saturated carbocycles. The summed E-state index contributed by atoms with van der Waals surface area (Å²) in [7, 11) is 0. The maximum absolute atomic E-state index is 13.8. The number of nitrogens with zero attached hydrogens (tertiary/aromatic N) is 2. The van der Waals surface area contributed by atoms with Gasteiger partial charge in [-0.1, -0.05) is 6.07 Å². The quantitative estimate of drug-likeness (QED) is 0.854. The maximum atomic E-state index is 13.8. The maximum Gasteiger partial charge on any atom is 0.248 e. The molecule has 0 aromatic heterocycles. The third-order valence-electron chi connectivity index (χ3n) is 4.89. The number of carbonyl (C=O) groups is 1. The largest absolute Gasteiger partial charge is 0.363 e. The van der Waals surface area contributed by atoms with Gasteiger partial charge in [-0.15, -0.1) is 0 Å². The normalized spacial score (nSPS) is 21.9. The Morgan fingerprint density at radius 2 is 2.00 bits per heavy atom. The molecule has 1 spiro atoms. The predicted molar refractivity (Wildman–Crippen MR) is 81.8 cm³/mol. The van der Waals surface area contributed by atoms with Crippen LogP contribution in [0.15, 0.2) is 18.2 Å². The molecule has 23 heavy (non-hydrogen) atoms. The first-order chi connectivity index (χ1) is 11.0. The van der Waals surface area contributed by atoms with Crippen LogP contribution >= 0.6 is 0 Å². The highest BCUT2D eigenvalue weighted by atomic mass is 19.1. The number of amides is 1. The Balaban J connectivity index is 1.59. The summed E-state index contributed by atoms with van der Waals surface area (Å²) in [6, 6.07) is 3.72. The number of piperidine rings is 1. The van der Waals surface area contributed by atoms with Gasteiger partial charge in [-0.3, -0.25) is 9.69 Å².